The predicted octanol–water partition coefficient (Wildman–Crippen LogP) is 2.81. The molecular weight excluding hydrogens is 258 g/mol. The van der Waals surface area contributed by atoms with Gasteiger partial charge < -0.3 is 10.1 Å². The molecule has 0 aliphatic rings. The molecule has 5 heteroatoms. The Balaban J connectivity index is 2.26. The summed E-state index contributed by atoms with van der Waals surface area (Å²) in [6.45, 7) is 4.78. The Bertz CT molecular complexity index is 510. The van der Waals surface area contributed by atoms with Crippen LogP contribution >= 0.6 is 11.5 Å². The van der Waals surface area contributed by atoms with Gasteiger partial charge in [-0.1, -0.05) is 23.5 Å². The molecule has 1 N–H and O–H groups in total. The van der Waals surface area contributed by atoms with Gasteiger partial charge in [-0.3, -0.25) is 0 Å². The van der Waals surface area contributed by atoms with Gasteiger partial charge in [0, 0.05) is 0 Å². The van der Waals surface area contributed by atoms with Crippen LogP contribution in [-0.4, -0.2) is 23.2 Å². The Morgan fingerprint density at radius 2 is 2.00 bits per heavy atom. The molecule has 19 heavy (non-hydrogen) atoms. The molecule has 4 nitrogen and oxygen atoms in total. The fourth-order valence-corrected chi connectivity index (χ4v) is 2.93. The Kier molecular flexibility index (Phi) is 4.87. The van der Waals surface area contributed by atoms with E-state index in [4.69, 9.17) is 4.74 Å². The van der Waals surface area contributed by atoms with E-state index in [9.17, 15) is 0 Å². The van der Waals surface area contributed by atoms with Gasteiger partial charge in [0.25, 0.3) is 0 Å². The normalized spacial score (nSPS) is 12.4. The van der Waals surface area contributed by atoms with Gasteiger partial charge in [-0.15, -0.1) is 5.10 Å². The number of ether oxygens (including phenoxy) is 1. The third-order valence-electron chi connectivity index (χ3n) is 3.00. The van der Waals surface area contributed by atoms with Crippen molar-refractivity contribution < 1.29 is 4.74 Å². The Morgan fingerprint density at radius 3 is 2.58 bits per heavy atom. The summed E-state index contributed by atoms with van der Waals surface area (Å²) in [4.78, 5) is 1.19. The number of nitrogens with one attached hydrogen (secondary N) is 1. The fourth-order valence-electron chi connectivity index (χ4n) is 2.05. The van der Waals surface area contributed by atoms with Gasteiger partial charge in [-0.05, 0) is 49.6 Å². The largest absolute Gasteiger partial charge is 0.494 e. The molecule has 0 aliphatic heterocycles. The van der Waals surface area contributed by atoms with Gasteiger partial charge in [0.05, 0.1) is 23.2 Å². The summed E-state index contributed by atoms with van der Waals surface area (Å²) in [7, 11) is 1.96. The van der Waals surface area contributed by atoms with E-state index in [1.807, 2.05) is 26.1 Å². The standard InChI is InChI=1S/C14H19N3OS/c1-4-12-14(19-17-16-12)13(15-3)10-6-8-11(9-7-10)18-5-2/h6-9,13,15H,4-5H2,1-3H3. The van der Waals surface area contributed by atoms with Crippen LogP contribution in [0.4, 0.5) is 0 Å². The summed E-state index contributed by atoms with van der Waals surface area (Å²) in [5.74, 6) is 0.902. The second-order valence-corrected chi connectivity index (χ2v) is 4.95. The maximum atomic E-state index is 5.47. The molecule has 0 amide bonds. The van der Waals surface area contributed by atoms with Crippen LogP contribution in [0.2, 0.25) is 0 Å². The van der Waals surface area contributed by atoms with Crippen LogP contribution in [0.3, 0.4) is 0 Å². The lowest BCUT2D eigenvalue weighted by atomic mass is 10.0. The first-order valence-corrected chi connectivity index (χ1v) is 7.28. The lowest BCUT2D eigenvalue weighted by molar-refractivity contribution is 0.340. The Hall–Kier alpha value is -1.46. The van der Waals surface area contributed by atoms with Gasteiger partial charge in [-0.2, -0.15) is 0 Å². The summed E-state index contributed by atoms with van der Waals surface area (Å²) in [6.07, 6.45) is 0.904. The number of benzene rings is 1. The summed E-state index contributed by atoms with van der Waals surface area (Å²) in [5.41, 5.74) is 2.27. The van der Waals surface area contributed by atoms with Crippen LogP contribution in [0.5, 0.6) is 5.75 Å². The molecule has 1 unspecified atom stereocenters. The molecule has 0 bridgehead atoms. The van der Waals surface area contributed by atoms with Gasteiger partial charge in [-0.25, -0.2) is 0 Å². The van der Waals surface area contributed by atoms with Crippen LogP contribution < -0.4 is 10.1 Å². The summed E-state index contributed by atoms with van der Waals surface area (Å²) < 4.78 is 9.53. The van der Waals surface area contributed by atoms with E-state index in [2.05, 4.69) is 34.0 Å². The van der Waals surface area contributed by atoms with E-state index in [0.717, 1.165) is 17.9 Å². The average Bonchev–Trinajstić information content (AvgIpc) is 2.90. The molecule has 1 aromatic carbocycles. The quantitative estimate of drug-likeness (QED) is 0.882. The molecule has 2 aromatic rings. The molecule has 1 heterocycles. The lowest BCUT2D eigenvalue weighted by Gasteiger charge is -2.16. The van der Waals surface area contributed by atoms with Crippen molar-refractivity contribution in [1.29, 1.82) is 0 Å². The fraction of sp³-hybridized carbons (Fsp3) is 0.429. The summed E-state index contributed by atoms with van der Waals surface area (Å²) in [5, 5.41) is 7.52. The average molecular weight is 277 g/mol. The minimum atomic E-state index is 0.144. The highest BCUT2D eigenvalue weighted by Crippen LogP contribution is 2.28. The zero-order chi connectivity index (χ0) is 13.7. The molecule has 102 valence electrons. The number of aromatic nitrogens is 2. The zero-order valence-electron chi connectivity index (χ0n) is 11.5. The lowest BCUT2D eigenvalue weighted by Crippen LogP contribution is -2.17. The summed E-state index contributed by atoms with van der Waals surface area (Å²) >= 11 is 1.46. The Morgan fingerprint density at radius 1 is 1.26 bits per heavy atom. The van der Waals surface area contributed by atoms with Crippen molar-refractivity contribution in [1.82, 2.24) is 14.9 Å². The molecule has 0 saturated carbocycles. The highest BCUT2D eigenvalue weighted by molar-refractivity contribution is 7.05. The van der Waals surface area contributed by atoms with E-state index in [-0.39, 0.29) is 6.04 Å². The zero-order valence-corrected chi connectivity index (χ0v) is 12.3. The monoisotopic (exact) mass is 277 g/mol. The van der Waals surface area contributed by atoms with E-state index >= 15 is 0 Å². The predicted molar refractivity (Wildman–Crippen MR) is 77.8 cm³/mol. The van der Waals surface area contributed by atoms with Crippen LogP contribution in [-0.2, 0) is 6.42 Å². The van der Waals surface area contributed by atoms with Gasteiger partial charge in [0.15, 0.2) is 0 Å². The van der Waals surface area contributed by atoms with Crippen molar-refractivity contribution in [2.75, 3.05) is 13.7 Å². The minimum absolute atomic E-state index is 0.144. The van der Waals surface area contributed by atoms with Gasteiger partial charge in [0.1, 0.15) is 5.75 Å². The van der Waals surface area contributed by atoms with E-state index < -0.39 is 0 Å². The smallest absolute Gasteiger partial charge is 0.119 e. The van der Waals surface area contributed by atoms with Crippen LogP contribution in [0.25, 0.3) is 0 Å². The maximum Gasteiger partial charge on any atom is 0.119 e. The van der Waals surface area contributed by atoms with Crippen LogP contribution in [0.15, 0.2) is 24.3 Å². The molecule has 0 radical (unpaired) electrons. The second kappa shape index (κ2) is 6.63. The number of aryl methyl sites for hydroxylation is 1. The maximum absolute atomic E-state index is 5.47. The van der Waals surface area contributed by atoms with Crippen molar-refractivity contribution in [3.8, 4) is 5.75 Å². The van der Waals surface area contributed by atoms with Crippen molar-refractivity contribution in [2.24, 2.45) is 0 Å². The highest BCUT2D eigenvalue weighted by atomic mass is 32.1. The molecular formula is C14H19N3OS. The molecule has 1 aromatic heterocycles. The van der Waals surface area contributed by atoms with Crippen molar-refractivity contribution in [2.45, 2.75) is 26.3 Å². The molecule has 0 aliphatic carbocycles. The van der Waals surface area contributed by atoms with E-state index in [1.165, 1.54) is 22.0 Å². The molecule has 0 spiro atoms. The van der Waals surface area contributed by atoms with Gasteiger partial charge >= 0.3 is 0 Å². The number of hydrogen-bond acceptors (Lipinski definition) is 5. The van der Waals surface area contributed by atoms with Crippen molar-refractivity contribution >= 4 is 11.5 Å². The van der Waals surface area contributed by atoms with Crippen LogP contribution in [0.1, 0.15) is 36.0 Å². The number of hydrogen-bond donors (Lipinski definition) is 1. The molecule has 0 fully saturated rings. The topological polar surface area (TPSA) is 47.0 Å². The van der Waals surface area contributed by atoms with E-state index in [0.29, 0.717) is 6.61 Å². The first-order chi connectivity index (χ1) is 9.30. The molecule has 1 atom stereocenters. The first kappa shape index (κ1) is 14.0. The highest BCUT2D eigenvalue weighted by Gasteiger charge is 2.18. The van der Waals surface area contributed by atoms with Crippen molar-refractivity contribution in [3.63, 3.8) is 0 Å². The van der Waals surface area contributed by atoms with Gasteiger partial charge in [0.2, 0.25) is 0 Å². The molecule has 0 saturated heterocycles. The third-order valence-corrected chi connectivity index (χ3v) is 3.83. The van der Waals surface area contributed by atoms with E-state index in [1.54, 1.807) is 0 Å². The van der Waals surface area contributed by atoms with Crippen LogP contribution in [0, 0.1) is 0 Å². The minimum Gasteiger partial charge on any atom is -0.494 e. The SMILES string of the molecule is CCOc1ccc(C(NC)c2snnc2CC)cc1. The number of rotatable bonds is 6. The van der Waals surface area contributed by atoms with Crippen molar-refractivity contribution in [3.05, 3.63) is 40.4 Å². The summed E-state index contributed by atoms with van der Waals surface area (Å²) in [6, 6.07) is 8.33. The molecule has 2 rings (SSSR count). The number of nitrogens with zero attached hydrogens (tertiary/aromatic N) is 2. The second-order valence-electron chi connectivity index (χ2n) is 4.16. The Labute approximate surface area is 118 Å². The first-order valence-electron chi connectivity index (χ1n) is 6.51. The third kappa shape index (κ3) is 3.11.